The molecule has 1 N–H and O–H groups in total. The van der Waals surface area contributed by atoms with Gasteiger partial charge in [-0.05, 0) is 6.07 Å². The molecule has 0 aliphatic rings. The second-order valence-corrected chi connectivity index (χ2v) is 2.61. The van der Waals surface area contributed by atoms with E-state index >= 15 is 0 Å². The summed E-state index contributed by atoms with van der Waals surface area (Å²) in [7, 11) is 0. The number of hydrogen-bond donors (Lipinski definition) is 1. The van der Waals surface area contributed by atoms with Gasteiger partial charge in [-0.2, -0.15) is 0 Å². The second kappa shape index (κ2) is 2.81. The Balaban J connectivity index is 2.54. The van der Waals surface area contributed by atoms with Gasteiger partial charge in [0, 0.05) is 12.5 Å². The summed E-state index contributed by atoms with van der Waals surface area (Å²) in [6, 6.07) is 8.85. The summed E-state index contributed by atoms with van der Waals surface area (Å²) < 4.78 is 0. The van der Waals surface area contributed by atoms with Crippen molar-refractivity contribution in [3.63, 3.8) is 0 Å². The quantitative estimate of drug-likeness (QED) is 0.664. The molecule has 12 heavy (non-hydrogen) atoms. The molecule has 0 saturated carbocycles. The van der Waals surface area contributed by atoms with E-state index in [-0.39, 0.29) is 0 Å². The van der Waals surface area contributed by atoms with Crippen LogP contribution in [0.2, 0.25) is 0 Å². The largest absolute Gasteiger partial charge is 0.342 e. The highest BCUT2D eigenvalue weighted by Crippen LogP contribution is 2.09. The van der Waals surface area contributed by atoms with E-state index in [0.717, 1.165) is 23.3 Å². The van der Waals surface area contributed by atoms with Crippen LogP contribution in [0, 0.1) is 6.07 Å². The van der Waals surface area contributed by atoms with Gasteiger partial charge in [0.15, 0.2) is 0 Å². The first-order valence-corrected chi connectivity index (χ1v) is 3.86. The Morgan fingerprint density at radius 3 is 3.33 bits per heavy atom. The molecule has 2 heteroatoms. The summed E-state index contributed by atoms with van der Waals surface area (Å²) in [6.45, 7) is 3.66. The lowest BCUT2D eigenvalue weighted by atomic mass is 10.3. The minimum atomic E-state index is 0.780. The molecule has 1 aromatic heterocycles. The minimum absolute atomic E-state index is 0.780. The smallest absolute Gasteiger partial charge is 0.111 e. The number of nitrogens with zero attached hydrogens (tertiary/aromatic N) is 1. The van der Waals surface area contributed by atoms with Gasteiger partial charge in [0.05, 0.1) is 11.0 Å². The Hall–Kier alpha value is -1.57. The third kappa shape index (κ3) is 1.11. The highest BCUT2D eigenvalue weighted by Gasteiger charge is 1.98. The molecule has 0 spiro atoms. The molecule has 2 rings (SSSR count). The maximum absolute atomic E-state index is 4.32. The third-order valence-corrected chi connectivity index (χ3v) is 1.70. The van der Waals surface area contributed by atoms with Crippen molar-refractivity contribution in [1.82, 2.24) is 9.97 Å². The Labute approximate surface area is 70.9 Å². The van der Waals surface area contributed by atoms with Gasteiger partial charge in [-0.25, -0.2) is 4.98 Å². The molecular weight excluding hydrogens is 148 g/mol. The fourth-order valence-corrected chi connectivity index (χ4v) is 1.17. The topological polar surface area (TPSA) is 28.7 Å². The molecule has 1 aromatic carbocycles. The zero-order chi connectivity index (χ0) is 8.39. The van der Waals surface area contributed by atoms with Crippen LogP contribution in [0.1, 0.15) is 5.82 Å². The number of aromatic nitrogens is 2. The van der Waals surface area contributed by atoms with Gasteiger partial charge in [0.25, 0.3) is 0 Å². The van der Waals surface area contributed by atoms with E-state index < -0.39 is 0 Å². The lowest BCUT2D eigenvalue weighted by Gasteiger charge is -1.83. The molecular formula is C10H9N2. The molecule has 59 valence electrons. The van der Waals surface area contributed by atoms with Gasteiger partial charge in [0.2, 0.25) is 0 Å². The standard InChI is InChI=1S/C10H9N2/c1-2-5-10-11-8-6-3-4-7-9(8)12-10/h2-4,6H,1,5H2,(H,11,12). The predicted octanol–water partition coefficient (Wildman–Crippen LogP) is 2.09. The summed E-state index contributed by atoms with van der Waals surface area (Å²) in [4.78, 5) is 7.50. The van der Waals surface area contributed by atoms with Gasteiger partial charge in [0.1, 0.15) is 5.82 Å². The zero-order valence-corrected chi connectivity index (χ0v) is 6.67. The molecule has 0 unspecified atom stereocenters. The molecule has 0 amide bonds. The Morgan fingerprint density at radius 2 is 2.58 bits per heavy atom. The summed E-state index contributed by atoms with van der Waals surface area (Å²) in [6.07, 6.45) is 2.61. The number of H-pyrrole nitrogens is 1. The van der Waals surface area contributed by atoms with Crippen molar-refractivity contribution in [1.29, 1.82) is 0 Å². The summed E-state index contributed by atoms with van der Waals surface area (Å²) in [5.41, 5.74) is 1.93. The van der Waals surface area contributed by atoms with E-state index in [9.17, 15) is 0 Å². The molecule has 2 aromatic rings. The fraction of sp³-hybridized carbons (Fsp3) is 0.100. The van der Waals surface area contributed by atoms with Crippen molar-refractivity contribution in [3.8, 4) is 0 Å². The van der Waals surface area contributed by atoms with Crippen molar-refractivity contribution in [2.75, 3.05) is 0 Å². The molecule has 0 aliphatic heterocycles. The molecule has 1 heterocycles. The van der Waals surface area contributed by atoms with Crippen molar-refractivity contribution >= 4 is 11.0 Å². The average Bonchev–Trinajstić information content (AvgIpc) is 2.47. The van der Waals surface area contributed by atoms with Crippen LogP contribution in [0.4, 0.5) is 0 Å². The summed E-state index contributed by atoms with van der Waals surface area (Å²) >= 11 is 0. The van der Waals surface area contributed by atoms with Crippen LogP contribution in [0.15, 0.2) is 30.9 Å². The molecule has 0 bridgehead atoms. The first kappa shape index (κ1) is 7.10. The van der Waals surface area contributed by atoms with Crippen LogP contribution >= 0.6 is 0 Å². The number of benzene rings is 1. The second-order valence-electron chi connectivity index (χ2n) is 2.61. The summed E-state index contributed by atoms with van der Waals surface area (Å²) in [5.74, 6) is 0.947. The molecule has 0 saturated heterocycles. The van der Waals surface area contributed by atoms with Gasteiger partial charge < -0.3 is 4.98 Å². The number of rotatable bonds is 2. The van der Waals surface area contributed by atoms with Crippen LogP contribution in [-0.2, 0) is 6.42 Å². The van der Waals surface area contributed by atoms with Crippen molar-refractivity contribution < 1.29 is 0 Å². The Bertz CT molecular complexity index is 368. The normalized spacial score (nSPS) is 10.3. The zero-order valence-electron chi connectivity index (χ0n) is 6.67. The average molecular weight is 157 g/mol. The third-order valence-electron chi connectivity index (χ3n) is 1.70. The number of allylic oxidation sites excluding steroid dienone is 1. The van der Waals surface area contributed by atoms with Crippen LogP contribution < -0.4 is 0 Å². The van der Waals surface area contributed by atoms with E-state index in [0.29, 0.717) is 0 Å². The van der Waals surface area contributed by atoms with Crippen LogP contribution in [0.3, 0.4) is 0 Å². The van der Waals surface area contributed by atoms with Crippen molar-refractivity contribution in [2.24, 2.45) is 0 Å². The van der Waals surface area contributed by atoms with E-state index in [1.807, 2.05) is 24.3 Å². The number of nitrogens with one attached hydrogen (secondary N) is 1. The van der Waals surface area contributed by atoms with Crippen LogP contribution in [0.25, 0.3) is 11.0 Å². The number of aromatic amines is 1. The molecule has 1 radical (unpaired) electrons. The van der Waals surface area contributed by atoms with E-state index in [1.165, 1.54) is 0 Å². The number of imidazole rings is 1. The first-order valence-electron chi connectivity index (χ1n) is 3.86. The van der Waals surface area contributed by atoms with E-state index in [1.54, 1.807) is 0 Å². The number of hydrogen-bond acceptors (Lipinski definition) is 1. The Kier molecular flexibility index (Phi) is 1.67. The fourth-order valence-electron chi connectivity index (χ4n) is 1.17. The molecule has 2 nitrogen and oxygen atoms in total. The Morgan fingerprint density at radius 1 is 1.67 bits per heavy atom. The van der Waals surface area contributed by atoms with Gasteiger partial charge >= 0.3 is 0 Å². The highest BCUT2D eigenvalue weighted by molar-refractivity contribution is 5.74. The van der Waals surface area contributed by atoms with Crippen LogP contribution in [-0.4, -0.2) is 9.97 Å². The predicted molar refractivity (Wildman–Crippen MR) is 48.8 cm³/mol. The molecule has 0 fully saturated rings. The maximum Gasteiger partial charge on any atom is 0.111 e. The lowest BCUT2D eigenvalue weighted by Crippen LogP contribution is -1.81. The molecule has 0 atom stereocenters. The van der Waals surface area contributed by atoms with Crippen molar-refractivity contribution in [3.05, 3.63) is 42.7 Å². The molecule has 0 aliphatic carbocycles. The number of fused-ring (bicyclic) bond motifs is 1. The monoisotopic (exact) mass is 157 g/mol. The van der Waals surface area contributed by atoms with Crippen LogP contribution in [0.5, 0.6) is 0 Å². The van der Waals surface area contributed by atoms with Gasteiger partial charge in [-0.3, -0.25) is 0 Å². The highest BCUT2D eigenvalue weighted by atomic mass is 14.9. The van der Waals surface area contributed by atoms with Crippen molar-refractivity contribution in [2.45, 2.75) is 6.42 Å². The SMILES string of the molecule is C=CCc1nc2[c]cccc2[nH]1. The number of para-hydroxylation sites is 1. The minimum Gasteiger partial charge on any atom is -0.342 e. The maximum atomic E-state index is 4.32. The van der Waals surface area contributed by atoms with Gasteiger partial charge in [-0.1, -0.05) is 18.2 Å². The van der Waals surface area contributed by atoms with Gasteiger partial charge in [-0.15, -0.1) is 6.58 Å². The van der Waals surface area contributed by atoms with E-state index in [4.69, 9.17) is 0 Å². The summed E-state index contributed by atoms with van der Waals surface area (Å²) in [5, 5.41) is 0. The first-order chi connectivity index (χ1) is 5.90. The lowest BCUT2D eigenvalue weighted by molar-refractivity contribution is 1.07. The van der Waals surface area contributed by atoms with E-state index in [2.05, 4.69) is 22.6 Å².